The van der Waals surface area contributed by atoms with Crippen LogP contribution in [0.25, 0.3) is 0 Å². The molecule has 0 aliphatic carbocycles. The summed E-state index contributed by atoms with van der Waals surface area (Å²) in [5.74, 6) is -0.0231. The molecule has 19 heavy (non-hydrogen) atoms. The van der Waals surface area contributed by atoms with Crippen molar-refractivity contribution in [3.8, 4) is 0 Å². The Morgan fingerprint density at radius 1 is 1.63 bits per heavy atom. The number of ether oxygens (including phenoxy) is 1. The zero-order valence-corrected chi connectivity index (χ0v) is 13.3. The van der Waals surface area contributed by atoms with Gasteiger partial charge < -0.3 is 15.4 Å². The maximum atomic E-state index is 11.9. The highest BCUT2D eigenvalue weighted by atomic mass is 35.5. The molecule has 2 heterocycles. The third-order valence-corrected chi connectivity index (χ3v) is 3.70. The van der Waals surface area contributed by atoms with Crippen molar-refractivity contribution >= 4 is 42.1 Å². The Hall–Kier alpha value is -0.400. The molecule has 2 rings (SSSR count). The van der Waals surface area contributed by atoms with Crippen LogP contribution in [0.2, 0.25) is 0 Å². The van der Waals surface area contributed by atoms with Crippen molar-refractivity contribution in [1.82, 2.24) is 15.6 Å². The molecule has 1 aliphatic rings. The van der Waals surface area contributed by atoms with Gasteiger partial charge in [0.15, 0.2) is 0 Å². The zero-order chi connectivity index (χ0) is 12.3. The van der Waals surface area contributed by atoms with Crippen molar-refractivity contribution < 1.29 is 9.53 Å². The molecule has 1 saturated heterocycles. The van der Waals surface area contributed by atoms with Gasteiger partial charge in [-0.1, -0.05) is 0 Å². The van der Waals surface area contributed by atoms with Crippen LogP contribution in [-0.4, -0.2) is 36.7 Å². The number of aromatic nitrogens is 1. The molecule has 2 unspecified atom stereocenters. The predicted molar refractivity (Wildman–Crippen MR) is 80.5 cm³/mol. The topological polar surface area (TPSA) is 63.2 Å². The van der Waals surface area contributed by atoms with Crippen molar-refractivity contribution in [1.29, 1.82) is 0 Å². The van der Waals surface area contributed by atoms with Crippen LogP contribution >= 0.6 is 36.2 Å². The molecule has 0 spiro atoms. The van der Waals surface area contributed by atoms with E-state index in [4.69, 9.17) is 4.74 Å². The van der Waals surface area contributed by atoms with Gasteiger partial charge in [0.1, 0.15) is 11.0 Å². The number of aryl methyl sites for hydroxylation is 1. The summed E-state index contributed by atoms with van der Waals surface area (Å²) in [6, 6.07) is -0.294. The van der Waals surface area contributed by atoms with Gasteiger partial charge >= 0.3 is 0 Å². The quantitative estimate of drug-likeness (QED) is 0.882. The van der Waals surface area contributed by atoms with Gasteiger partial charge in [-0.15, -0.1) is 36.2 Å². The standard InChI is InChI=1S/C11H17N3O2S.2ClH/c1-7-5-13-11(17-7)8(2)14-10(15)9-6-16-4-3-12-9;;/h5,8-9,12H,3-4,6H2,1-2H3,(H,14,15);2*1H. The molecule has 1 aromatic rings. The number of thiazole rings is 1. The highest BCUT2D eigenvalue weighted by Crippen LogP contribution is 2.18. The fraction of sp³-hybridized carbons (Fsp3) is 0.636. The number of rotatable bonds is 3. The number of nitrogens with zero attached hydrogens (tertiary/aromatic N) is 1. The molecule has 1 aromatic heterocycles. The largest absolute Gasteiger partial charge is 0.378 e. The van der Waals surface area contributed by atoms with E-state index in [1.165, 1.54) is 0 Å². The highest BCUT2D eigenvalue weighted by Gasteiger charge is 2.23. The third-order valence-electron chi connectivity index (χ3n) is 2.61. The summed E-state index contributed by atoms with van der Waals surface area (Å²) in [5, 5.41) is 7.01. The number of halogens is 2. The first-order chi connectivity index (χ1) is 8.16. The molecular weight excluding hydrogens is 309 g/mol. The maximum Gasteiger partial charge on any atom is 0.240 e. The third kappa shape index (κ3) is 5.24. The minimum absolute atomic E-state index is 0. The first-order valence-corrected chi connectivity index (χ1v) is 6.52. The Labute approximate surface area is 129 Å². The number of carbonyl (C=O) groups is 1. The van der Waals surface area contributed by atoms with Gasteiger partial charge in [0.2, 0.25) is 5.91 Å². The normalized spacial score (nSPS) is 19.8. The van der Waals surface area contributed by atoms with Crippen LogP contribution in [0.1, 0.15) is 22.9 Å². The van der Waals surface area contributed by atoms with Gasteiger partial charge in [0.05, 0.1) is 19.3 Å². The van der Waals surface area contributed by atoms with Crippen molar-refractivity contribution in [2.75, 3.05) is 19.8 Å². The lowest BCUT2D eigenvalue weighted by Gasteiger charge is -2.24. The minimum Gasteiger partial charge on any atom is -0.378 e. The molecule has 1 aliphatic heterocycles. The van der Waals surface area contributed by atoms with Gasteiger partial charge in [-0.25, -0.2) is 4.98 Å². The Balaban J connectivity index is 0.00000162. The number of hydrogen-bond donors (Lipinski definition) is 2. The van der Waals surface area contributed by atoms with E-state index >= 15 is 0 Å². The Morgan fingerprint density at radius 3 is 2.89 bits per heavy atom. The average Bonchev–Trinajstić information content (AvgIpc) is 2.77. The van der Waals surface area contributed by atoms with E-state index in [-0.39, 0.29) is 42.8 Å². The van der Waals surface area contributed by atoms with Gasteiger partial charge in [-0.3, -0.25) is 4.79 Å². The molecule has 110 valence electrons. The monoisotopic (exact) mass is 327 g/mol. The SMILES string of the molecule is Cc1cnc(C(C)NC(=O)C2COCCN2)s1.Cl.Cl. The van der Waals surface area contributed by atoms with E-state index in [9.17, 15) is 4.79 Å². The first-order valence-electron chi connectivity index (χ1n) is 5.70. The smallest absolute Gasteiger partial charge is 0.240 e. The first kappa shape index (κ1) is 18.6. The molecule has 2 N–H and O–H groups in total. The number of amides is 1. The Kier molecular flexibility index (Phi) is 8.52. The molecule has 5 nitrogen and oxygen atoms in total. The molecule has 1 fully saturated rings. The van der Waals surface area contributed by atoms with Crippen LogP contribution in [0.4, 0.5) is 0 Å². The fourth-order valence-corrected chi connectivity index (χ4v) is 2.46. The second-order valence-corrected chi connectivity index (χ2v) is 5.39. The van der Waals surface area contributed by atoms with Crippen LogP contribution in [0.15, 0.2) is 6.20 Å². The summed E-state index contributed by atoms with van der Waals surface area (Å²) in [4.78, 5) is 17.3. The number of carbonyl (C=O) groups excluding carboxylic acids is 1. The average molecular weight is 328 g/mol. The maximum absolute atomic E-state index is 11.9. The number of hydrogen-bond acceptors (Lipinski definition) is 5. The molecule has 8 heteroatoms. The zero-order valence-electron chi connectivity index (χ0n) is 10.8. The van der Waals surface area contributed by atoms with Crippen LogP contribution in [0.3, 0.4) is 0 Å². The van der Waals surface area contributed by atoms with E-state index in [0.29, 0.717) is 13.2 Å². The number of morpholine rings is 1. The fourth-order valence-electron chi connectivity index (χ4n) is 1.68. The summed E-state index contributed by atoms with van der Waals surface area (Å²) in [6.07, 6.45) is 1.82. The van der Waals surface area contributed by atoms with Crippen molar-refractivity contribution in [3.63, 3.8) is 0 Å². The number of nitrogens with one attached hydrogen (secondary N) is 2. The second-order valence-electron chi connectivity index (χ2n) is 4.12. The summed E-state index contributed by atoms with van der Waals surface area (Å²) in [7, 11) is 0. The molecule has 0 radical (unpaired) electrons. The second kappa shape index (κ2) is 8.71. The lowest BCUT2D eigenvalue weighted by molar-refractivity contribution is -0.126. The van der Waals surface area contributed by atoms with Gasteiger partial charge in [0.25, 0.3) is 0 Å². The summed E-state index contributed by atoms with van der Waals surface area (Å²) in [6.45, 7) is 5.79. The van der Waals surface area contributed by atoms with Crippen LogP contribution < -0.4 is 10.6 Å². The van der Waals surface area contributed by atoms with Crippen molar-refractivity contribution in [3.05, 3.63) is 16.1 Å². The van der Waals surface area contributed by atoms with E-state index in [1.54, 1.807) is 11.3 Å². The molecule has 0 aromatic carbocycles. The van der Waals surface area contributed by atoms with Crippen molar-refractivity contribution in [2.24, 2.45) is 0 Å². The van der Waals surface area contributed by atoms with E-state index in [2.05, 4.69) is 15.6 Å². The molecular formula is C11H19Cl2N3O2S. The van der Waals surface area contributed by atoms with E-state index < -0.39 is 0 Å². The predicted octanol–water partition coefficient (Wildman–Crippen LogP) is 1.46. The summed E-state index contributed by atoms with van der Waals surface area (Å²) >= 11 is 1.61. The Morgan fingerprint density at radius 2 is 2.37 bits per heavy atom. The minimum atomic E-state index is -0.243. The van der Waals surface area contributed by atoms with Gasteiger partial charge in [-0.2, -0.15) is 0 Å². The van der Waals surface area contributed by atoms with E-state index in [1.807, 2.05) is 20.0 Å². The van der Waals surface area contributed by atoms with E-state index in [0.717, 1.165) is 16.4 Å². The summed E-state index contributed by atoms with van der Waals surface area (Å²) in [5.41, 5.74) is 0. The molecule has 0 saturated carbocycles. The van der Waals surface area contributed by atoms with Crippen LogP contribution in [0, 0.1) is 6.92 Å². The lowest BCUT2D eigenvalue weighted by Crippen LogP contribution is -2.51. The highest BCUT2D eigenvalue weighted by molar-refractivity contribution is 7.11. The van der Waals surface area contributed by atoms with Gasteiger partial charge in [-0.05, 0) is 13.8 Å². The van der Waals surface area contributed by atoms with Crippen LogP contribution in [-0.2, 0) is 9.53 Å². The molecule has 0 bridgehead atoms. The Bertz CT molecular complexity index is 397. The molecule has 2 atom stereocenters. The van der Waals surface area contributed by atoms with Gasteiger partial charge in [0, 0.05) is 17.6 Å². The lowest BCUT2D eigenvalue weighted by atomic mass is 10.2. The van der Waals surface area contributed by atoms with Crippen LogP contribution in [0.5, 0.6) is 0 Å². The van der Waals surface area contributed by atoms with Crippen molar-refractivity contribution in [2.45, 2.75) is 25.9 Å². The molecule has 1 amide bonds. The summed E-state index contributed by atoms with van der Waals surface area (Å²) < 4.78 is 5.26.